The third-order valence-electron chi connectivity index (χ3n) is 3.37. The Morgan fingerprint density at radius 1 is 1.17 bits per heavy atom. The van der Waals surface area contributed by atoms with Crippen LogP contribution in [0.25, 0.3) is 0 Å². The number of hydrogen-bond acceptors (Lipinski definition) is 5. The summed E-state index contributed by atoms with van der Waals surface area (Å²) in [4.78, 5) is 0. The molecule has 6 nitrogen and oxygen atoms in total. The van der Waals surface area contributed by atoms with Crippen molar-refractivity contribution in [3.63, 3.8) is 0 Å². The van der Waals surface area contributed by atoms with Crippen LogP contribution in [0.2, 0.25) is 0 Å². The first kappa shape index (κ1) is 16.8. The van der Waals surface area contributed by atoms with E-state index in [-0.39, 0.29) is 6.61 Å². The van der Waals surface area contributed by atoms with E-state index in [0.717, 1.165) is 18.7 Å². The minimum absolute atomic E-state index is 0.266. The summed E-state index contributed by atoms with van der Waals surface area (Å²) in [6.45, 7) is 7.87. The second-order valence-corrected chi connectivity index (χ2v) is 5.60. The molecule has 0 aliphatic rings. The van der Waals surface area contributed by atoms with Gasteiger partial charge in [0.25, 0.3) is 0 Å². The second kappa shape index (κ2) is 8.18. The molecule has 0 saturated carbocycles. The summed E-state index contributed by atoms with van der Waals surface area (Å²) < 4.78 is 12.9. The van der Waals surface area contributed by atoms with Crippen molar-refractivity contribution in [2.75, 3.05) is 6.61 Å². The van der Waals surface area contributed by atoms with Crippen molar-refractivity contribution in [2.24, 2.45) is 5.92 Å². The third-order valence-corrected chi connectivity index (χ3v) is 3.37. The predicted molar refractivity (Wildman–Crippen MR) is 86.1 cm³/mol. The Bertz CT molecular complexity index is 656. The summed E-state index contributed by atoms with van der Waals surface area (Å²) in [6.07, 6.45) is 0.976. The Labute approximate surface area is 136 Å². The second-order valence-electron chi connectivity index (χ2n) is 5.60. The highest BCUT2D eigenvalue weighted by Crippen LogP contribution is 2.19. The molecule has 6 heteroatoms. The largest absolute Gasteiger partial charge is 0.494 e. The molecular formula is C17H22N4O2. The van der Waals surface area contributed by atoms with Crippen molar-refractivity contribution in [3.8, 4) is 17.6 Å². The fraction of sp³-hybridized carbons (Fsp3) is 0.471. The molecule has 1 aromatic carbocycles. The number of aryl methyl sites for hydroxylation is 1. The molecule has 122 valence electrons. The third kappa shape index (κ3) is 4.71. The van der Waals surface area contributed by atoms with E-state index in [9.17, 15) is 0 Å². The van der Waals surface area contributed by atoms with Crippen molar-refractivity contribution >= 4 is 0 Å². The van der Waals surface area contributed by atoms with Gasteiger partial charge in [-0.3, -0.25) is 0 Å². The van der Waals surface area contributed by atoms with Gasteiger partial charge in [-0.25, -0.2) is 4.68 Å². The molecule has 0 atom stereocenters. The van der Waals surface area contributed by atoms with Gasteiger partial charge in [-0.15, -0.1) is 5.10 Å². The molecule has 0 saturated heterocycles. The monoisotopic (exact) mass is 314 g/mol. The van der Waals surface area contributed by atoms with E-state index in [1.54, 1.807) is 4.68 Å². The summed E-state index contributed by atoms with van der Waals surface area (Å²) in [5.74, 6) is 2.08. The Balaban J connectivity index is 2.04. The van der Waals surface area contributed by atoms with Crippen molar-refractivity contribution in [1.82, 2.24) is 15.0 Å². The minimum atomic E-state index is 0.266. The van der Waals surface area contributed by atoms with Crippen molar-refractivity contribution in [3.05, 3.63) is 35.7 Å². The van der Waals surface area contributed by atoms with Crippen LogP contribution in [0.15, 0.2) is 24.3 Å². The van der Waals surface area contributed by atoms with E-state index in [0.29, 0.717) is 29.7 Å². The van der Waals surface area contributed by atoms with E-state index >= 15 is 0 Å². The number of ether oxygens (including phenoxy) is 2. The maximum Gasteiger partial charge on any atom is 0.189 e. The van der Waals surface area contributed by atoms with Crippen LogP contribution in [-0.2, 0) is 13.2 Å². The number of aromatic nitrogens is 3. The van der Waals surface area contributed by atoms with Gasteiger partial charge in [-0.05, 0) is 43.5 Å². The zero-order valence-electron chi connectivity index (χ0n) is 13.8. The van der Waals surface area contributed by atoms with Crippen LogP contribution in [0, 0.1) is 17.2 Å². The minimum Gasteiger partial charge on any atom is -0.494 e. The van der Waals surface area contributed by atoms with Gasteiger partial charge in [0.1, 0.15) is 29.9 Å². The standard InChI is InChI=1S/C17H22N4O2/c1-4-22-14-5-7-15(8-6-14)23-12-17-16(11-18)19-20-21(17)10-9-13(2)3/h5-8,13H,4,9-10,12H2,1-3H3. The number of rotatable bonds is 8. The highest BCUT2D eigenvalue weighted by molar-refractivity contribution is 5.32. The maximum atomic E-state index is 9.16. The van der Waals surface area contributed by atoms with Gasteiger partial charge in [0, 0.05) is 6.54 Å². The summed E-state index contributed by atoms with van der Waals surface area (Å²) in [7, 11) is 0. The van der Waals surface area contributed by atoms with Gasteiger partial charge in [0.2, 0.25) is 0 Å². The molecule has 0 aliphatic carbocycles. The fourth-order valence-corrected chi connectivity index (χ4v) is 2.07. The molecular weight excluding hydrogens is 292 g/mol. The SMILES string of the molecule is CCOc1ccc(OCc2c(C#N)nnn2CCC(C)C)cc1. The molecule has 1 aromatic heterocycles. The van der Waals surface area contributed by atoms with Crippen LogP contribution in [-0.4, -0.2) is 21.6 Å². The molecule has 0 aliphatic heterocycles. The maximum absolute atomic E-state index is 9.16. The van der Waals surface area contributed by atoms with Crippen molar-refractivity contribution in [2.45, 2.75) is 40.3 Å². The van der Waals surface area contributed by atoms with Gasteiger partial charge >= 0.3 is 0 Å². The summed E-state index contributed by atoms with van der Waals surface area (Å²) in [6, 6.07) is 9.48. The fourth-order valence-electron chi connectivity index (χ4n) is 2.07. The number of benzene rings is 1. The highest BCUT2D eigenvalue weighted by atomic mass is 16.5. The van der Waals surface area contributed by atoms with Gasteiger partial charge in [0.15, 0.2) is 5.69 Å². The van der Waals surface area contributed by atoms with Crippen LogP contribution in [0.3, 0.4) is 0 Å². The van der Waals surface area contributed by atoms with Crippen LogP contribution in [0.5, 0.6) is 11.5 Å². The molecule has 0 amide bonds. The smallest absolute Gasteiger partial charge is 0.189 e. The number of nitrogens with zero attached hydrogens (tertiary/aromatic N) is 4. The van der Waals surface area contributed by atoms with Crippen LogP contribution >= 0.6 is 0 Å². The van der Waals surface area contributed by atoms with E-state index < -0.39 is 0 Å². The first-order chi connectivity index (χ1) is 11.1. The summed E-state index contributed by atoms with van der Waals surface area (Å²) in [5, 5.41) is 17.1. The average Bonchev–Trinajstić information content (AvgIpc) is 2.94. The lowest BCUT2D eigenvalue weighted by molar-refractivity contribution is 0.287. The quantitative estimate of drug-likeness (QED) is 0.748. The molecule has 0 unspecified atom stereocenters. The first-order valence-electron chi connectivity index (χ1n) is 7.82. The first-order valence-corrected chi connectivity index (χ1v) is 7.82. The van der Waals surface area contributed by atoms with Crippen LogP contribution in [0.1, 0.15) is 38.6 Å². The normalized spacial score (nSPS) is 10.6. The number of nitriles is 1. The molecule has 0 N–H and O–H groups in total. The van der Waals surface area contributed by atoms with Gasteiger partial charge in [-0.2, -0.15) is 5.26 Å². The summed E-state index contributed by atoms with van der Waals surface area (Å²) >= 11 is 0. The Morgan fingerprint density at radius 3 is 2.39 bits per heavy atom. The molecule has 1 heterocycles. The lowest BCUT2D eigenvalue weighted by Gasteiger charge is -2.10. The lowest BCUT2D eigenvalue weighted by atomic mass is 10.1. The zero-order chi connectivity index (χ0) is 16.7. The van der Waals surface area contributed by atoms with E-state index in [2.05, 4.69) is 30.2 Å². The van der Waals surface area contributed by atoms with E-state index in [1.165, 1.54) is 0 Å². The predicted octanol–water partition coefficient (Wildman–Crippen LogP) is 3.17. The molecule has 0 bridgehead atoms. The van der Waals surface area contributed by atoms with E-state index in [1.807, 2.05) is 31.2 Å². The lowest BCUT2D eigenvalue weighted by Crippen LogP contribution is -2.10. The van der Waals surface area contributed by atoms with Gasteiger partial charge < -0.3 is 9.47 Å². The highest BCUT2D eigenvalue weighted by Gasteiger charge is 2.13. The zero-order valence-corrected chi connectivity index (χ0v) is 13.8. The molecule has 0 fully saturated rings. The van der Waals surface area contributed by atoms with Crippen LogP contribution < -0.4 is 9.47 Å². The Morgan fingerprint density at radius 2 is 1.83 bits per heavy atom. The van der Waals surface area contributed by atoms with Crippen molar-refractivity contribution < 1.29 is 9.47 Å². The topological polar surface area (TPSA) is 73.0 Å². The van der Waals surface area contributed by atoms with E-state index in [4.69, 9.17) is 14.7 Å². The van der Waals surface area contributed by atoms with Gasteiger partial charge in [-0.1, -0.05) is 19.1 Å². The molecule has 0 radical (unpaired) electrons. The van der Waals surface area contributed by atoms with Gasteiger partial charge in [0.05, 0.1) is 6.61 Å². The Hall–Kier alpha value is -2.55. The summed E-state index contributed by atoms with van der Waals surface area (Å²) in [5.41, 5.74) is 1.03. The molecule has 2 aromatic rings. The molecule has 2 rings (SSSR count). The molecule has 23 heavy (non-hydrogen) atoms. The van der Waals surface area contributed by atoms with Crippen LogP contribution in [0.4, 0.5) is 0 Å². The van der Waals surface area contributed by atoms with Crippen molar-refractivity contribution in [1.29, 1.82) is 5.26 Å². The Kier molecular flexibility index (Phi) is 5.98. The average molecular weight is 314 g/mol. The number of hydrogen-bond donors (Lipinski definition) is 0. The molecule has 0 spiro atoms.